The highest BCUT2D eigenvalue weighted by Gasteiger charge is 2.21. The van der Waals surface area contributed by atoms with Crippen LogP contribution in [-0.4, -0.2) is 65.1 Å². The maximum absolute atomic E-state index is 12.2. The van der Waals surface area contributed by atoms with Crippen molar-refractivity contribution in [2.45, 2.75) is 19.4 Å². The van der Waals surface area contributed by atoms with Gasteiger partial charge in [0.1, 0.15) is 5.01 Å². The number of likely N-dealkylation sites (N-methyl/N-ethyl adjacent to an activating group) is 1. The molecule has 21 heavy (non-hydrogen) atoms. The third kappa shape index (κ3) is 4.15. The van der Waals surface area contributed by atoms with E-state index in [-0.39, 0.29) is 17.8 Å². The summed E-state index contributed by atoms with van der Waals surface area (Å²) >= 11 is 1.25. The molecule has 1 aromatic rings. The van der Waals surface area contributed by atoms with Crippen LogP contribution in [0.5, 0.6) is 0 Å². The molecule has 1 fully saturated rings. The lowest BCUT2D eigenvalue weighted by Crippen LogP contribution is -2.42. The first-order valence-corrected chi connectivity index (χ1v) is 7.78. The van der Waals surface area contributed by atoms with Gasteiger partial charge in [0.05, 0.1) is 6.04 Å². The van der Waals surface area contributed by atoms with E-state index in [4.69, 9.17) is 5.11 Å². The topological polar surface area (TPSA) is 85.8 Å². The number of carboxylic acids is 1. The van der Waals surface area contributed by atoms with Crippen LogP contribution < -0.4 is 5.32 Å². The molecular formula is C13H20N4O3S. The fourth-order valence-electron chi connectivity index (χ4n) is 2.17. The molecular weight excluding hydrogens is 292 g/mol. The van der Waals surface area contributed by atoms with E-state index in [1.807, 2.05) is 14.0 Å². The van der Waals surface area contributed by atoms with Gasteiger partial charge in [-0.15, -0.1) is 11.3 Å². The van der Waals surface area contributed by atoms with Crippen molar-refractivity contribution in [3.8, 4) is 0 Å². The van der Waals surface area contributed by atoms with Crippen molar-refractivity contribution >= 4 is 23.3 Å². The van der Waals surface area contributed by atoms with Gasteiger partial charge in [-0.25, -0.2) is 14.6 Å². The fraction of sp³-hybridized carbons (Fsp3) is 0.615. The normalized spacial score (nSPS) is 18.1. The van der Waals surface area contributed by atoms with E-state index < -0.39 is 5.97 Å². The van der Waals surface area contributed by atoms with Crippen LogP contribution in [0.15, 0.2) is 5.38 Å². The summed E-state index contributed by atoms with van der Waals surface area (Å²) in [5.41, 5.74) is 0.0208. The number of hydrogen-bond acceptors (Lipinski definition) is 5. The lowest BCUT2D eigenvalue weighted by molar-refractivity contribution is 0.0691. The second kappa shape index (κ2) is 6.86. The summed E-state index contributed by atoms with van der Waals surface area (Å²) in [6, 6.07) is -0.415. The van der Waals surface area contributed by atoms with Crippen LogP contribution in [0.2, 0.25) is 0 Å². The Labute approximate surface area is 127 Å². The predicted octanol–water partition coefficient (Wildman–Crippen LogP) is 1.25. The molecule has 1 unspecified atom stereocenters. The number of urea groups is 1. The van der Waals surface area contributed by atoms with E-state index >= 15 is 0 Å². The summed E-state index contributed by atoms with van der Waals surface area (Å²) in [7, 11) is 2.05. The fourth-order valence-corrected chi connectivity index (χ4v) is 2.97. The van der Waals surface area contributed by atoms with E-state index in [9.17, 15) is 9.59 Å². The Kier molecular flexibility index (Phi) is 5.13. The second-order valence-corrected chi connectivity index (χ2v) is 6.08. The van der Waals surface area contributed by atoms with Crippen LogP contribution in [0.25, 0.3) is 0 Å². The highest BCUT2D eigenvalue weighted by molar-refractivity contribution is 7.09. The number of aromatic nitrogens is 1. The number of hydrogen-bond donors (Lipinski definition) is 2. The van der Waals surface area contributed by atoms with Crippen LogP contribution in [0, 0.1) is 0 Å². The lowest BCUT2D eigenvalue weighted by atomic mass is 10.3. The molecule has 1 atom stereocenters. The molecule has 0 saturated carbocycles. The van der Waals surface area contributed by atoms with Crippen molar-refractivity contribution in [2.75, 3.05) is 33.2 Å². The first-order chi connectivity index (χ1) is 9.97. The maximum Gasteiger partial charge on any atom is 0.355 e. The van der Waals surface area contributed by atoms with Crippen LogP contribution in [0.4, 0.5) is 4.79 Å². The zero-order valence-electron chi connectivity index (χ0n) is 12.2. The van der Waals surface area contributed by atoms with Crippen LogP contribution in [0.3, 0.4) is 0 Å². The van der Waals surface area contributed by atoms with Gasteiger partial charge in [-0.2, -0.15) is 0 Å². The molecule has 1 aliphatic heterocycles. The first kappa shape index (κ1) is 15.7. The Morgan fingerprint density at radius 1 is 1.38 bits per heavy atom. The molecule has 1 aromatic heterocycles. The van der Waals surface area contributed by atoms with E-state index in [1.54, 1.807) is 4.90 Å². The number of rotatable bonds is 3. The summed E-state index contributed by atoms with van der Waals surface area (Å²) in [6.07, 6.45) is 0.957. The average molecular weight is 312 g/mol. The highest BCUT2D eigenvalue weighted by Crippen LogP contribution is 2.18. The molecule has 2 N–H and O–H groups in total. The van der Waals surface area contributed by atoms with Gasteiger partial charge in [0, 0.05) is 25.0 Å². The maximum atomic E-state index is 12.2. The van der Waals surface area contributed by atoms with Crippen LogP contribution in [0.1, 0.15) is 34.9 Å². The molecule has 2 heterocycles. The molecule has 2 rings (SSSR count). The summed E-state index contributed by atoms with van der Waals surface area (Å²) in [6.45, 7) is 5.11. The number of carboxylic acid groups (broad SMARTS) is 1. The third-order valence-corrected chi connectivity index (χ3v) is 4.49. The molecule has 0 spiro atoms. The largest absolute Gasteiger partial charge is 0.476 e. The van der Waals surface area contributed by atoms with Crippen molar-refractivity contribution in [1.29, 1.82) is 0 Å². The SMILES string of the molecule is CC(NC(=O)N1CCCN(C)CC1)c1nc(C(=O)O)cs1. The highest BCUT2D eigenvalue weighted by atomic mass is 32.1. The first-order valence-electron chi connectivity index (χ1n) is 6.90. The second-order valence-electron chi connectivity index (χ2n) is 5.19. The summed E-state index contributed by atoms with van der Waals surface area (Å²) in [5, 5.41) is 13.8. The molecule has 0 aliphatic carbocycles. The Morgan fingerprint density at radius 3 is 2.81 bits per heavy atom. The molecule has 8 heteroatoms. The minimum Gasteiger partial charge on any atom is -0.476 e. The standard InChI is InChI=1S/C13H20N4O3S/c1-9(11-15-10(8-21-11)12(18)19)14-13(20)17-5-3-4-16(2)6-7-17/h8-9H,3-7H2,1-2H3,(H,14,20)(H,18,19). The molecule has 0 radical (unpaired) electrons. The number of nitrogens with one attached hydrogen (secondary N) is 1. The van der Waals surface area contributed by atoms with Crippen LogP contribution in [-0.2, 0) is 0 Å². The molecule has 2 amide bonds. The Hall–Kier alpha value is -1.67. The molecule has 7 nitrogen and oxygen atoms in total. The minimum absolute atomic E-state index is 0.0208. The van der Waals surface area contributed by atoms with Crippen LogP contribution >= 0.6 is 11.3 Å². The van der Waals surface area contributed by atoms with Crippen molar-refractivity contribution in [3.63, 3.8) is 0 Å². The monoisotopic (exact) mass is 312 g/mol. The van der Waals surface area contributed by atoms with Gasteiger partial charge in [0.25, 0.3) is 0 Å². The van der Waals surface area contributed by atoms with Crippen molar-refractivity contribution in [2.24, 2.45) is 0 Å². The number of aromatic carboxylic acids is 1. The van der Waals surface area contributed by atoms with Crippen molar-refractivity contribution in [3.05, 3.63) is 16.1 Å². The number of amides is 2. The molecule has 0 bridgehead atoms. The average Bonchev–Trinajstić information content (AvgIpc) is 2.83. The van der Waals surface area contributed by atoms with Gasteiger partial charge in [-0.3, -0.25) is 0 Å². The smallest absolute Gasteiger partial charge is 0.355 e. The van der Waals surface area contributed by atoms with Crippen molar-refractivity contribution in [1.82, 2.24) is 20.1 Å². The third-order valence-electron chi connectivity index (χ3n) is 3.46. The van der Waals surface area contributed by atoms with Gasteiger partial charge in [0.15, 0.2) is 5.69 Å². The zero-order chi connectivity index (χ0) is 15.4. The van der Waals surface area contributed by atoms with Gasteiger partial charge < -0.3 is 20.2 Å². The number of nitrogens with zero attached hydrogens (tertiary/aromatic N) is 3. The lowest BCUT2D eigenvalue weighted by Gasteiger charge is -2.23. The quantitative estimate of drug-likeness (QED) is 0.877. The Bertz CT molecular complexity index is 519. The minimum atomic E-state index is -1.05. The molecule has 116 valence electrons. The predicted molar refractivity (Wildman–Crippen MR) is 79.7 cm³/mol. The molecule has 0 aromatic carbocycles. The van der Waals surface area contributed by atoms with Gasteiger partial charge in [-0.05, 0) is 26.9 Å². The van der Waals surface area contributed by atoms with E-state index in [0.717, 1.165) is 26.1 Å². The molecule has 1 aliphatic rings. The van der Waals surface area contributed by atoms with Gasteiger partial charge in [0.2, 0.25) is 0 Å². The Morgan fingerprint density at radius 2 is 2.14 bits per heavy atom. The van der Waals surface area contributed by atoms with E-state index in [0.29, 0.717) is 11.6 Å². The number of carbonyl (C=O) groups is 2. The number of thiazole rings is 1. The summed E-state index contributed by atoms with van der Waals surface area (Å²) < 4.78 is 0. The Balaban J connectivity index is 1.93. The molecule has 1 saturated heterocycles. The van der Waals surface area contributed by atoms with E-state index in [1.165, 1.54) is 16.7 Å². The number of carbonyl (C=O) groups excluding carboxylic acids is 1. The van der Waals surface area contributed by atoms with E-state index in [2.05, 4.69) is 15.2 Å². The van der Waals surface area contributed by atoms with Crippen molar-refractivity contribution < 1.29 is 14.7 Å². The van der Waals surface area contributed by atoms with Gasteiger partial charge >= 0.3 is 12.0 Å². The van der Waals surface area contributed by atoms with Gasteiger partial charge in [-0.1, -0.05) is 0 Å². The summed E-state index contributed by atoms with van der Waals surface area (Å²) in [5.74, 6) is -1.05. The zero-order valence-corrected chi connectivity index (χ0v) is 13.0. The summed E-state index contributed by atoms with van der Waals surface area (Å²) in [4.78, 5) is 31.1.